The largest absolute Gasteiger partial charge is 0.476 e. The van der Waals surface area contributed by atoms with Gasteiger partial charge in [-0.25, -0.2) is 9.78 Å². The Hall–Kier alpha value is -1.02. The monoisotopic (exact) mass is 285 g/mol. The Bertz CT molecular complexity index is 424. The van der Waals surface area contributed by atoms with Crippen LogP contribution in [0, 0.1) is 0 Å². The lowest BCUT2D eigenvalue weighted by Gasteiger charge is -2.20. The van der Waals surface area contributed by atoms with E-state index in [4.69, 9.17) is 10.2 Å². The quantitative estimate of drug-likeness (QED) is 0.812. The summed E-state index contributed by atoms with van der Waals surface area (Å²) in [5, 5.41) is 19.8. The molecule has 7 heteroatoms. The van der Waals surface area contributed by atoms with Crippen LogP contribution in [0.25, 0.3) is 0 Å². The van der Waals surface area contributed by atoms with Crippen LogP contribution in [0.3, 0.4) is 0 Å². The van der Waals surface area contributed by atoms with E-state index in [1.165, 1.54) is 11.3 Å². The molecule has 1 aromatic heterocycles. The number of aliphatic hydroxyl groups is 1. The molecule has 6 nitrogen and oxygen atoms in total. The van der Waals surface area contributed by atoms with Crippen LogP contribution >= 0.6 is 11.3 Å². The highest BCUT2D eigenvalue weighted by Crippen LogP contribution is 2.13. The molecule has 0 aliphatic carbocycles. The van der Waals surface area contributed by atoms with E-state index in [1.807, 2.05) is 5.38 Å². The molecular formula is C12H19N3O3S. The maximum absolute atomic E-state index is 10.8. The topological polar surface area (TPSA) is 76.9 Å². The van der Waals surface area contributed by atoms with Crippen LogP contribution in [0.2, 0.25) is 0 Å². The molecule has 0 amide bonds. The predicted molar refractivity (Wildman–Crippen MR) is 72.5 cm³/mol. The van der Waals surface area contributed by atoms with Gasteiger partial charge in [-0.05, 0) is 19.5 Å². The minimum atomic E-state index is -0.957. The number of hydrogen-bond donors (Lipinski definition) is 2. The molecule has 1 aromatic rings. The van der Waals surface area contributed by atoms with Gasteiger partial charge in [0.15, 0.2) is 0 Å². The molecule has 19 heavy (non-hydrogen) atoms. The molecule has 0 radical (unpaired) electrons. The highest BCUT2D eigenvalue weighted by atomic mass is 32.1. The molecule has 0 saturated carbocycles. The van der Waals surface area contributed by atoms with Gasteiger partial charge in [-0.2, -0.15) is 0 Å². The zero-order valence-electron chi connectivity index (χ0n) is 10.8. The second-order valence-electron chi connectivity index (χ2n) is 4.64. The fraction of sp³-hybridized carbons (Fsp3) is 0.667. The van der Waals surface area contributed by atoms with Crippen LogP contribution in [0.15, 0.2) is 5.38 Å². The third-order valence-electron chi connectivity index (χ3n) is 3.22. The van der Waals surface area contributed by atoms with Crippen LogP contribution in [0.5, 0.6) is 0 Å². The van der Waals surface area contributed by atoms with E-state index < -0.39 is 5.97 Å². The van der Waals surface area contributed by atoms with Crippen molar-refractivity contribution >= 4 is 17.3 Å². The van der Waals surface area contributed by atoms with Crippen molar-refractivity contribution in [2.45, 2.75) is 13.0 Å². The number of aromatic carboxylic acids is 1. The number of rotatable bonds is 5. The highest BCUT2D eigenvalue weighted by Gasteiger charge is 2.16. The van der Waals surface area contributed by atoms with E-state index >= 15 is 0 Å². The second-order valence-corrected chi connectivity index (χ2v) is 5.50. The molecule has 0 aromatic carbocycles. The van der Waals surface area contributed by atoms with Crippen molar-refractivity contribution in [1.29, 1.82) is 0 Å². The molecule has 1 aliphatic heterocycles. The van der Waals surface area contributed by atoms with Crippen LogP contribution in [0.1, 0.15) is 21.9 Å². The number of aliphatic hydroxyl groups excluding tert-OH is 1. The summed E-state index contributed by atoms with van der Waals surface area (Å²) in [4.78, 5) is 19.4. The summed E-state index contributed by atoms with van der Waals surface area (Å²) in [6, 6.07) is 0. The summed E-state index contributed by atoms with van der Waals surface area (Å²) in [6.45, 7) is 5.51. The Morgan fingerprint density at radius 1 is 1.32 bits per heavy atom. The molecule has 0 spiro atoms. The van der Waals surface area contributed by atoms with Crippen LogP contribution in [-0.4, -0.2) is 70.3 Å². The first-order valence-electron chi connectivity index (χ1n) is 6.42. The number of aromatic nitrogens is 1. The molecule has 1 fully saturated rings. The molecule has 2 heterocycles. The third-order valence-corrected chi connectivity index (χ3v) is 4.10. The van der Waals surface area contributed by atoms with E-state index in [0.29, 0.717) is 6.54 Å². The first-order valence-corrected chi connectivity index (χ1v) is 7.30. The molecule has 2 rings (SSSR count). The van der Waals surface area contributed by atoms with Crippen LogP contribution in [-0.2, 0) is 6.54 Å². The normalized spacial score (nSPS) is 18.4. The summed E-state index contributed by atoms with van der Waals surface area (Å²) in [7, 11) is 0. The van der Waals surface area contributed by atoms with Gasteiger partial charge in [0.2, 0.25) is 5.01 Å². The van der Waals surface area contributed by atoms with Gasteiger partial charge in [0, 0.05) is 31.6 Å². The summed E-state index contributed by atoms with van der Waals surface area (Å²) < 4.78 is 0. The Morgan fingerprint density at radius 2 is 2.05 bits per heavy atom. The summed E-state index contributed by atoms with van der Waals surface area (Å²) in [5.41, 5.74) is 0.831. The van der Waals surface area contributed by atoms with E-state index in [1.54, 1.807) is 0 Å². The molecule has 0 bridgehead atoms. The maximum Gasteiger partial charge on any atom is 0.365 e. The zero-order chi connectivity index (χ0) is 13.7. The van der Waals surface area contributed by atoms with Gasteiger partial charge in [0.25, 0.3) is 0 Å². The number of carboxylic acids is 1. The fourth-order valence-electron chi connectivity index (χ4n) is 2.25. The number of thiazole rings is 1. The zero-order valence-corrected chi connectivity index (χ0v) is 11.6. The third kappa shape index (κ3) is 4.24. The first-order chi connectivity index (χ1) is 9.19. The smallest absolute Gasteiger partial charge is 0.365 e. The maximum atomic E-state index is 10.8. The van der Waals surface area contributed by atoms with Gasteiger partial charge in [-0.3, -0.25) is 9.80 Å². The SMILES string of the molecule is O=C(O)c1nc(CN2CCCN(CCO)CC2)cs1. The molecular weight excluding hydrogens is 266 g/mol. The molecule has 1 saturated heterocycles. The van der Waals surface area contributed by atoms with Crippen molar-refractivity contribution in [2.75, 3.05) is 39.3 Å². The molecule has 1 aliphatic rings. The summed E-state index contributed by atoms with van der Waals surface area (Å²) >= 11 is 1.18. The second kappa shape index (κ2) is 6.95. The van der Waals surface area contributed by atoms with Crippen LogP contribution < -0.4 is 0 Å². The van der Waals surface area contributed by atoms with Gasteiger partial charge >= 0.3 is 5.97 Å². The van der Waals surface area contributed by atoms with E-state index in [9.17, 15) is 4.79 Å². The molecule has 2 N–H and O–H groups in total. The summed E-state index contributed by atoms with van der Waals surface area (Å²) in [5.74, 6) is -0.957. The number of carbonyl (C=O) groups is 1. The van der Waals surface area contributed by atoms with Crippen molar-refractivity contribution in [3.63, 3.8) is 0 Å². The average Bonchev–Trinajstić information content (AvgIpc) is 2.73. The fourth-order valence-corrected chi connectivity index (χ4v) is 2.90. The molecule has 106 valence electrons. The lowest BCUT2D eigenvalue weighted by molar-refractivity contribution is 0.0696. The van der Waals surface area contributed by atoms with Gasteiger partial charge in [0.1, 0.15) is 0 Å². The van der Waals surface area contributed by atoms with Crippen molar-refractivity contribution in [1.82, 2.24) is 14.8 Å². The number of β-amino-alcohol motifs (C(OH)–C–C–N with tert-alkyl or cyclic N) is 1. The molecule has 0 atom stereocenters. The van der Waals surface area contributed by atoms with Crippen molar-refractivity contribution in [3.8, 4) is 0 Å². The van der Waals surface area contributed by atoms with Crippen molar-refractivity contribution < 1.29 is 15.0 Å². The van der Waals surface area contributed by atoms with E-state index in [-0.39, 0.29) is 11.6 Å². The van der Waals surface area contributed by atoms with Crippen LogP contribution in [0.4, 0.5) is 0 Å². The highest BCUT2D eigenvalue weighted by molar-refractivity contribution is 7.11. The number of carboxylic acid groups (broad SMARTS) is 1. The number of hydrogen-bond acceptors (Lipinski definition) is 6. The summed E-state index contributed by atoms with van der Waals surface area (Å²) in [6.07, 6.45) is 1.07. The Kier molecular flexibility index (Phi) is 5.26. The van der Waals surface area contributed by atoms with E-state index in [2.05, 4.69) is 14.8 Å². The Morgan fingerprint density at radius 3 is 2.74 bits per heavy atom. The minimum absolute atomic E-state index is 0.159. The standard InChI is InChI=1S/C12H19N3O3S/c16-7-6-14-2-1-3-15(5-4-14)8-10-9-19-11(13-10)12(17)18/h9,16H,1-8H2,(H,17,18). The Labute approximate surface area is 116 Å². The Balaban J connectivity index is 1.86. The molecule has 0 unspecified atom stereocenters. The minimum Gasteiger partial charge on any atom is -0.476 e. The van der Waals surface area contributed by atoms with Crippen molar-refractivity contribution in [3.05, 3.63) is 16.1 Å². The lowest BCUT2D eigenvalue weighted by atomic mass is 10.3. The van der Waals surface area contributed by atoms with Gasteiger partial charge in [0.05, 0.1) is 12.3 Å². The average molecular weight is 285 g/mol. The van der Waals surface area contributed by atoms with Gasteiger partial charge in [-0.1, -0.05) is 0 Å². The lowest BCUT2D eigenvalue weighted by Crippen LogP contribution is -2.32. The van der Waals surface area contributed by atoms with E-state index in [0.717, 1.165) is 44.8 Å². The number of nitrogens with zero attached hydrogens (tertiary/aromatic N) is 3. The van der Waals surface area contributed by atoms with Crippen molar-refractivity contribution in [2.24, 2.45) is 0 Å². The van der Waals surface area contributed by atoms with Gasteiger partial charge in [-0.15, -0.1) is 11.3 Å². The first kappa shape index (κ1) is 14.4. The van der Waals surface area contributed by atoms with Gasteiger partial charge < -0.3 is 10.2 Å². The predicted octanol–water partition coefficient (Wildman–Crippen LogP) is 0.341.